The summed E-state index contributed by atoms with van der Waals surface area (Å²) < 4.78 is 0. The quantitative estimate of drug-likeness (QED) is 0.196. The summed E-state index contributed by atoms with van der Waals surface area (Å²) >= 11 is 0. The SMILES string of the molecule is Cc1cc(Nc2cccc(C(=O)Nc3ccc(Nc4ccnc5ccccc45)cc3)c2)nc(N)n1.Cl.Cl. The minimum Gasteiger partial charge on any atom is -0.368 e. The fraction of sp³-hybridized carbons (Fsp3) is 0.0370. The van der Waals surface area contributed by atoms with Gasteiger partial charge in [0.15, 0.2) is 0 Å². The van der Waals surface area contributed by atoms with Crippen LogP contribution in [0.3, 0.4) is 0 Å². The molecule has 0 atom stereocenters. The first-order valence-corrected chi connectivity index (χ1v) is 11.0. The number of amides is 1. The summed E-state index contributed by atoms with van der Waals surface area (Å²) in [6.45, 7) is 1.84. The zero-order valence-corrected chi connectivity index (χ0v) is 21.4. The zero-order valence-electron chi connectivity index (χ0n) is 19.8. The molecule has 2 aromatic heterocycles. The molecule has 188 valence electrons. The highest BCUT2D eigenvalue weighted by atomic mass is 35.5. The number of hydrogen-bond donors (Lipinski definition) is 4. The minimum atomic E-state index is -0.215. The van der Waals surface area contributed by atoms with E-state index >= 15 is 0 Å². The molecule has 0 spiro atoms. The summed E-state index contributed by atoms with van der Waals surface area (Å²) in [5.41, 5.74) is 11.2. The number of nitrogen functional groups attached to an aromatic ring is 1. The number of nitrogens with one attached hydrogen (secondary N) is 3. The third-order valence-electron chi connectivity index (χ3n) is 5.34. The molecule has 5 aromatic rings. The minimum absolute atomic E-state index is 0. The summed E-state index contributed by atoms with van der Waals surface area (Å²) in [4.78, 5) is 25.5. The van der Waals surface area contributed by atoms with Crippen molar-refractivity contribution in [2.24, 2.45) is 0 Å². The van der Waals surface area contributed by atoms with E-state index in [-0.39, 0.29) is 36.7 Å². The van der Waals surface area contributed by atoms with Crippen molar-refractivity contribution in [2.45, 2.75) is 6.92 Å². The van der Waals surface area contributed by atoms with Crippen molar-refractivity contribution in [1.29, 1.82) is 0 Å². The molecule has 0 radical (unpaired) electrons. The molecule has 0 unspecified atom stereocenters. The number of rotatable bonds is 6. The highest BCUT2D eigenvalue weighted by Gasteiger charge is 2.09. The number of aromatic nitrogens is 3. The third kappa shape index (κ3) is 6.63. The van der Waals surface area contributed by atoms with Gasteiger partial charge in [-0.2, -0.15) is 4.98 Å². The van der Waals surface area contributed by atoms with Gasteiger partial charge in [0.05, 0.1) is 5.52 Å². The molecule has 0 saturated heterocycles. The van der Waals surface area contributed by atoms with Crippen LogP contribution >= 0.6 is 24.8 Å². The standard InChI is InChI=1S/C27H23N7O.2ClH/c1-17-15-25(34-27(28)30-17)32-21-6-4-5-18(16-21)26(35)33-20-11-9-19(10-12-20)31-24-13-14-29-23-8-3-2-7-22(23)24;;/h2-16H,1H3,(H,29,31)(H,33,35)(H3,28,30,32,34);2*1H. The van der Waals surface area contributed by atoms with Gasteiger partial charge in [0.1, 0.15) is 5.82 Å². The van der Waals surface area contributed by atoms with E-state index < -0.39 is 0 Å². The number of nitrogens with zero attached hydrogens (tertiary/aromatic N) is 3. The lowest BCUT2D eigenvalue weighted by Crippen LogP contribution is -2.12. The molecule has 5 N–H and O–H groups in total. The lowest BCUT2D eigenvalue weighted by Gasteiger charge is -2.11. The van der Waals surface area contributed by atoms with Gasteiger partial charge in [-0.25, -0.2) is 4.98 Å². The van der Waals surface area contributed by atoms with Gasteiger partial charge in [0, 0.05) is 51.7 Å². The first-order chi connectivity index (χ1) is 17.0. The molecule has 2 heterocycles. The van der Waals surface area contributed by atoms with Crippen LogP contribution in [0, 0.1) is 6.92 Å². The van der Waals surface area contributed by atoms with Crippen molar-refractivity contribution < 1.29 is 4.79 Å². The number of benzene rings is 3. The summed E-state index contributed by atoms with van der Waals surface area (Å²) in [7, 11) is 0. The monoisotopic (exact) mass is 533 g/mol. The van der Waals surface area contributed by atoms with Gasteiger partial charge in [-0.3, -0.25) is 9.78 Å². The van der Waals surface area contributed by atoms with Crippen LogP contribution in [-0.2, 0) is 0 Å². The number of halogens is 2. The van der Waals surface area contributed by atoms with Crippen molar-refractivity contribution >= 4 is 76.1 Å². The Balaban J connectivity index is 0.00000190. The molecular formula is C27H25Cl2N7O. The van der Waals surface area contributed by atoms with E-state index in [0.29, 0.717) is 17.1 Å². The lowest BCUT2D eigenvalue weighted by molar-refractivity contribution is 0.102. The molecular weight excluding hydrogens is 509 g/mol. The summed E-state index contributed by atoms with van der Waals surface area (Å²) in [6, 6.07) is 26.4. The summed E-state index contributed by atoms with van der Waals surface area (Å²) in [5.74, 6) is 0.543. The Kier molecular flexibility index (Phi) is 8.84. The average Bonchev–Trinajstić information content (AvgIpc) is 2.85. The van der Waals surface area contributed by atoms with Crippen molar-refractivity contribution in [3.8, 4) is 0 Å². The number of pyridine rings is 1. The van der Waals surface area contributed by atoms with Crippen LogP contribution in [0.2, 0.25) is 0 Å². The maximum absolute atomic E-state index is 12.8. The second-order valence-electron chi connectivity index (χ2n) is 7.99. The Hall–Kier alpha value is -4.40. The van der Waals surface area contributed by atoms with E-state index in [9.17, 15) is 4.79 Å². The van der Waals surface area contributed by atoms with E-state index in [0.717, 1.165) is 33.7 Å². The molecule has 10 heteroatoms. The topological polar surface area (TPSA) is 118 Å². The smallest absolute Gasteiger partial charge is 0.255 e. The number of aryl methyl sites for hydroxylation is 1. The summed E-state index contributed by atoms with van der Waals surface area (Å²) in [5, 5.41) is 10.6. The first-order valence-electron chi connectivity index (χ1n) is 11.0. The van der Waals surface area contributed by atoms with Gasteiger partial charge < -0.3 is 21.7 Å². The van der Waals surface area contributed by atoms with Crippen LogP contribution in [0.5, 0.6) is 0 Å². The van der Waals surface area contributed by atoms with Crippen LogP contribution in [0.4, 0.5) is 34.5 Å². The maximum atomic E-state index is 12.8. The molecule has 3 aromatic carbocycles. The fourth-order valence-electron chi connectivity index (χ4n) is 3.74. The van der Waals surface area contributed by atoms with E-state index in [1.807, 2.05) is 67.6 Å². The molecule has 1 amide bonds. The number of carbonyl (C=O) groups is 1. The number of anilines is 6. The van der Waals surface area contributed by atoms with Crippen molar-refractivity contribution in [1.82, 2.24) is 15.0 Å². The van der Waals surface area contributed by atoms with Crippen LogP contribution in [0.25, 0.3) is 10.9 Å². The third-order valence-corrected chi connectivity index (χ3v) is 5.34. The number of fused-ring (bicyclic) bond motifs is 1. The Morgan fingerprint density at radius 3 is 2.32 bits per heavy atom. The number of para-hydroxylation sites is 1. The normalized spacial score (nSPS) is 10.1. The Morgan fingerprint density at radius 1 is 0.784 bits per heavy atom. The molecule has 0 saturated carbocycles. The number of nitrogens with two attached hydrogens (primary N) is 1. The molecule has 0 bridgehead atoms. The van der Waals surface area contributed by atoms with Crippen molar-refractivity contribution in [3.63, 3.8) is 0 Å². The Labute approximate surface area is 226 Å². The second-order valence-corrected chi connectivity index (χ2v) is 7.99. The summed E-state index contributed by atoms with van der Waals surface area (Å²) in [6.07, 6.45) is 1.78. The van der Waals surface area contributed by atoms with E-state index in [2.05, 4.69) is 30.9 Å². The first kappa shape index (κ1) is 27.2. The van der Waals surface area contributed by atoms with E-state index in [1.165, 1.54) is 0 Å². The predicted octanol–water partition coefficient (Wildman–Crippen LogP) is 6.50. The number of carbonyl (C=O) groups excluding carboxylic acids is 1. The van der Waals surface area contributed by atoms with E-state index in [1.54, 1.807) is 30.5 Å². The van der Waals surface area contributed by atoms with Gasteiger partial charge in [0.2, 0.25) is 5.95 Å². The fourth-order valence-corrected chi connectivity index (χ4v) is 3.74. The Bertz CT molecular complexity index is 1500. The van der Waals surface area contributed by atoms with Crippen molar-refractivity contribution in [3.05, 3.63) is 102 Å². The average molecular weight is 534 g/mol. The van der Waals surface area contributed by atoms with Gasteiger partial charge >= 0.3 is 0 Å². The molecule has 0 aliphatic rings. The molecule has 8 nitrogen and oxygen atoms in total. The molecule has 0 aliphatic heterocycles. The van der Waals surface area contributed by atoms with Gasteiger partial charge in [-0.15, -0.1) is 24.8 Å². The predicted molar refractivity (Wildman–Crippen MR) is 155 cm³/mol. The highest BCUT2D eigenvalue weighted by Crippen LogP contribution is 2.26. The molecule has 37 heavy (non-hydrogen) atoms. The van der Waals surface area contributed by atoms with Gasteiger partial charge in [-0.05, 0) is 61.5 Å². The van der Waals surface area contributed by atoms with Crippen LogP contribution in [0.15, 0.2) is 91.1 Å². The van der Waals surface area contributed by atoms with Crippen LogP contribution < -0.4 is 21.7 Å². The zero-order chi connectivity index (χ0) is 24.2. The van der Waals surface area contributed by atoms with Crippen LogP contribution in [0.1, 0.15) is 16.1 Å². The lowest BCUT2D eigenvalue weighted by atomic mass is 10.1. The maximum Gasteiger partial charge on any atom is 0.255 e. The number of hydrogen-bond acceptors (Lipinski definition) is 7. The molecule has 0 aliphatic carbocycles. The van der Waals surface area contributed by atoms with Crippen molar-refractivity contribution in [2.75, 3.05) is 21.7 Å². The largest absolute Gasteiger partial charge is 0.368 e. The molecule has 0 fully saturated rings. The Morgan fingerprint density at radius 2 is 1.54 bits per heavy atom. The molecule has 5 rings (SSSR count). The van der Waals surface area contributed by atoms with Crippen LogP contribution in [-0.4, -0.2) is 20.9 Å². The van der Waals surface area contributed by atoms with E-state index in [4.69, 9.17) is 5.73 Å². The van der Waals surface area contributed by atoms with Gasteiger partial charge in [0.25, 0.3) is 5.91 Å². The second kappa shape index (κ2) is 12.0. The van der Waals surface area contributed by atoms with Gasteiger partial charge in [-0.1, -0.05) is 24.3 Å². The highest BCUT2D eigenvalue weighted by molar-refractivity contribution is 6.05.